The number of morpholine rings is 1. The highest BCUT2D eigenvalue weighted by atomic mass is 16.5. The summed E-state index contributed by atoms with van der Waals surface area (Å²) in [5.74, 6) is 0.862. The standard InChI is InChI=1S/C14H16N2O4/c1-9-7-18-8-10(2)16(9)14(17)11-6-13(20-15-11)12-4-3-5-19-12/h3-6,9-10H,7-8H2,1-2H3. The molecule has 0 bridgehead atoms. The van der Waals surface area contributed by atoms with Crippen LogP contribution in [-0.2, 0) is 4.74 Å². The van der Waals surface area contributed by atoms with Crippen molar-refractivity contribution >= 4 is 5.91 Å². The van der Waals surface area contributed by atoms with E-state index < -0.39 is 0 Å². The summed E-state index contributed by atoms with van der Waals surface area (Å²) < 4.78 is 15.8. The van der Waals surface area contributed by atoms with Crippen LogP contribution in [0.1, 0.15) is 24.3 Å². The van der Waals surface area contributed by atoms with Gasteiger partial charge in [-0.15, -0.1) is 0 Å². The Morgan fingerprint density at radius 1 is 1.30 bits per heavy atom. The van der Waals surface area contributed by atoms with Crippen molar-refractivity contribution in [2.75, 3.05) is 13.2 Å². The molecule has 2 unspecified atom stereocenters. The van der Waals surface area contributed by atoms with Crippen LogP contribution < -0.4 is 0 Å². The minimum Gasteiger partial charge on any atom is -0.461 e. The van der Waals surface area contributed by atoms with Crippen molar-refractivity contribution in [1.29, 1.82) is 0 Å². The molecule has 1 aliphatic rings. The van der Waals surface area contributed by atoms with Gasteiger partial charge < -0.3 is 18.6 Å². The third-order valence-corrected chi connectivity index (χ3v) is 3.40. The maximum Gasteiger partial charge on any atom is 0.276 e. The number of furan rings is 1. The molecule has 1 amide bonds. The Morgan fingerprint density at radius 2 is 2.05 bits per heavy atom. The molecular weight excluding hydrogens is 260 g/mol. The van der Waals surface area contributed by atoms with Gasteiger partial charge in [-0.05, 0) is 26.0 Å². The van der Waals surface area contributed by atoms with Crippen molar-refractivity contribution < 1.29 is 18.5 Å². The lowest BCUT2D eigenvalue weighted by Gasteiger charge is -2.38. The maximum absolute atomic E-state index is 12.5. The van der Waals surface area contributed by atoms with Crippen LogP contribution in [0.2, 0.25) is 0 Å². The number of hydrogen-bond acceptors (Lipinski definition) is 5. The number of nitrogens with zero attached hydrogens (tertiary/aromatic N) is 2. The van der Waals surface area contributed by atoms with E-state index in [1.807, 2.05) is 13.8 Å². The second kappa shape index (κ2) is 5.13. The molecule has 6 nitrogen and oxygen atoms in total. The lowest BCUT2D eigenvalue weighted by atomic mass is 10.1. The van der Waals surface area contributed by atoms with Gasteiger partial charge in [-0.1, -0.05) is 5.16 Å². The van der Waals surface area contributed by atoms with Crippen LogP contribution in [0.15, 0.2) is 33.4 Å². The summed E-state index contributed by atoms with van der Waals surface area (Å²) in [6.45, 7) is 5.00. The maximum atomic E-state index is 12.5. The fraction of sp³-hybridized carbons (Fsp3) is 0.429. The highest BCUT2D eigenvalue weighted by molar-refractivity contribution is 5.93. The Balaban J connectivity index is 1.83. The second-order valence-electron chi connectivity index (χ2n) is 5.00. The average molecular weight is 276 g/mol. The minimum atomic E-state index is -0.144. The zero-order valence-electron chi connectivity index (χ0n) is 11.4. The molecule has 1 aliphatic heterocycles. The summed E-state index contributed by atoms with van der Waals surface area (Å²) in [4.78, 5) is 14.3. The Labute approximate surface area is 116 Å². The first-order valence-corrected chi connectivity index (χ1v) is 6.58. The van der Waals surface area contributed by atoms with Gasteiger partial charge >= 0.3 is 0 Å². The number of carbonyl (C=O) groups is 1. The third-order valence-electron chi connectivity index (χ3n) is 3.40. The van der Waals surface area contributed by atoms with E-state index in [1.165, 1.54) is 0 Å². The molecule has 1 fully saturated rings. The van der Waals surface area contributed by atoms with E-state index in [2.05, 4.69) is 5.16 Å². The van der Waals surface area contributed by atoms with Gasteiger partial charge in [0.05, 0.1) is 31.6 Å². The third kappa shape index (κ3) is 2.22. The van der Waals surface area contributed by atoms with Crippen LogP contribution in [-0.4, -0.2) is 41.3 Å². The van der Waals surface area contributed by atoms with Crippen LogP contribution in [0.5, 0.6) is 0 Å². The Kier molecular flexibility index (Phi) is 3.31. The van der Waals surface area contributed by atoms with E-state index >= 15 is 0 Å². The lowest BCUT2D eigenvalue weighted by molar-refractivity contribution is -0.0253. The van der Waals surface area contributed by atoms with Crippen LogP contribution >= 0.6 is 0 Å². The molecule has 20 heavy (non-hydrogen) atoms. The van der Waals surface area contributed by atoms with Gasteiger partial charge in [0.1, 0.15) is 0 Å². The van der Waals surface area contributed by atoms with Crippen LogP contribution in [0.25, 0.3) is 11.5 Å². The molecule has 0 N–H and O–H groups in total. The molecule has 106 valence electrons. The monoisotopic (exact) mass is 276 g/mol. The average Bonchev–Trinajstić information content (AvgIpc) is 3.09. The highest BCUT2D eigenvalue weighted by Gasteiger charge is 2.32. The van der Waals surface area contributed by atoms with Crippen molar-refractivity contribution in [3.63, 3.8) is 0 Å². The number of carbonyl (C=O) groups excluding carboxylic acids is 1. The van der Waals surface area contributed by atoms with Gasteiger partial charge in [-0.2, -0.15) is 0 Å². The fourth-order valence-electron chi connectivity index (χ4n) is 2.45. The largest absolute Gasteiger partial charge is 0.461 e. The quantitative estimate of drug-likeness (QED) is 0.841. The summed E-state index contributed by atoms with van der Waals surface area (Å²) in [6, 6.07) is 5.17. The predicted octanol–water partition coefficient (Wildman–Crippen LogP) is 2.18. The van der Waals surface area contributed by atoms with E-state index in [-0.39, 0.29) is 23.7 Å². The topological polar surface area (TPSA) is 68.7 Å². The van der Waals surface area contributed by atoms with Gasteiger partial charge in [0.2, 0.25) is 5.76 Å². The molecule has 2 aromatic rings. The van der Waals surface area contributed by atoms with Gasteiger partial charge in [-0.25, -0.2) is 0 Å². The summed E-state index contributed by atoms with van der Waals surface area (Å²) in [7, 11) is 0. The molecule has 0 saturated carbocycles. The first-order valence-electron chi connectivity index (χ1n) is 6.58. The normalized spacial score (nSPS) is 23.0. The van der Waals surface area contributed by atoms with Crippen molar-refractivity contribution in [1.82, 2.24) is 10.1 Å². The van der Waals surface area contributed by atoms with Gasteiger partial charge in [-0.3, -0.25) is 4.79 Å². The summed E-state index contributed by atoms with van der Waals surface area (Å²) in [5, 5.41) is 3.85. The zero-order valence-corrected chi connectivity index (χ0v) is 11.4. The molecule has 3 heterocycles. The van der Waals surface area contributed by atoms with Crippen LogP contribution in [0.4, 0.5) is 0 Å². The van der Waals surface area contributed by atoms with E-state index in [1.54, 1.807) is 29.4 Å². The number of hydrogen-bond donors (Lipinski definition) is 0. The van der Waals surface area contributed by atoms with Crippen molar-refractivity contribution in [2.24, 2.45) is 0 Å². The minimum absolute atomic E-state index is 0.0232. The Morgan fingerprint density at radius 3 is 2.70 bits per heavy atom. The van der Waals surface area contributed by atoms with Crippen molar-refractivity contribution in [3.8, 4) is 11.5 Å². The molecule has 0 aromatic carbocycles. The number of ether oxygens (including phenoxy) is 1. The summed E-state index contributed by atoms with van der Waals surface area (Å²) in [5.41, 5.74) is 0.289. The Bertz CT molecular complexity index is 580. The van der Waals surface area contributed by atoms with Crippen LogP contribution in [0, 0.1) is 0 Å². The molecule has 1 saturated heterocycles. The summed E-state index contributed by atoms with van der Waals surface area (Å²) in [6.07, 6.45) is 1.55. The molecule has 0 radical (unpaired) electrons. The van der Waals surface area contributed by atoms with Crippen molar-refractivity contribution in [2.45, 2.75) is 25.9 Å². The van der Waals surface area contributed by atoms with Gasteiger partial charge in [0, 0.05) is 6.07 Å². The number of amides is 1. The second-order valence-corrected chi connectivity index (χ2v) is 5.00. The van der Waals surface area contributed by atoms with Crippen LogP contribution in [0.3, 0.4) is 0 Å². The van der Waals surface area contributed by atoms with E-state index in [9.17, 15) is 4.79 Å². The fourth-order valence-corrected chi connectivity index (χ4v) is 2.45. The van der Waals surface area contributed by atoms with Gasteiger partial charge in [0.15, 0.2) is 11.5 Å². The first kappa shape index (κ1) is 12.9. The highest BCUT2D eigenvalue weighted by Crippen LogP contribution is 2.23. The van der Waals surface area contributed by atoms with Crippen molar-refractivity contribution in [3.05, 3.63) is 30.2 Å². The molecule has 2 aromatic heterocycles. The predicted molar refractivity (Wildman–Crippen MR) is 70.1 cm³/mol. The molecule has 2 atom stereocenters. The zero-order chi connectivity index (χ0) is 14.1. The Hall–Kier alpha value is -2.08. The smallest absolute Gasteiger partial charge is 0.276 e. The van der Waals surface area contributed by atoms with E-state index in [0.29, 0.717) is 24.7 Å². The first-order chi connectivity index (χ1) is 9.66. The van der Waals surface area contributed by atoms with Gasteiger partial charge in [0.25, 0.3) is 5.91 Å². The summed E-state index contributed by atoms with van der Waals surface area (Å²) >= 11 is 0. The molecular formula is C14H16N2O4. The number of aromatic nitrogens is 1. The number of rotatable bonds is 2. The molecule has 0 spiro atoms. The SMILES string of the molecule is CC1COCC(C)N1C(=O)c1cc(-c2ccco2)on1. The van der Waals surface area contributed by atoms with E-state index in [0.717, 1.165) is 0 Å². The molecule has 6 heteroatoms. The van der Waals surface area contributed by atoms with E-state index in [4.69, 9.17) is 13.7 Å². The lowest BCUT2D eigenvalue weighted by Crippen LogP contribution is -2.52. The molecule has 3 rings (SSSR count). The molecule has 0 aliphatic carbocycles.